The summed E-state index contributed by atoms with van der Waals surface area (Å²) >= 11 is 0. The fourth-order valence-corrected chi connectivity index (χ4v) is 0.821. The minimum Gasteiger partial charge on any atom is -0.359 e. The van der Waals surface area contributed by atoms with Gasteiger partial charge in [0.05, 0.1) is 0 Å². The largest absolute Gasteiger partial charge is 0.359 e. The second-order valence-corrected chi connectivity index (χ2v) is 2.67. The Labute approximate surface area is 72.9 Å². The zero-order valence-corrected chi connectivity index (χ0v) is 7.89. The highest BCUT2D eigenvalue weighted by molar-refractivity contribution is 5.96. The maximum Gasteiger partial charge on any atom is 0.231 e. The third kappa shape index (κ3) is 3.95. The molecular weight excluding hydrogens is 156 g/mol. The van der Waals surface area contributed by atoms with E-state index in [1.165, 1.54) is 7.05 Å². The molecular formula is C8H16N2O2. The topological polar surface area (TPSA) is 49.4 Å². The van der Waals surface area contributed by atoms with Gasteiger partial charge in [0.1, 0.15) is 6.42 Å². The second-order valence-electron chi connectivity index (χ2n) is 2.67. The number of hydrogen-bond acceptors (Lipinski definition) is 2. The van der Waals surface area contributed by atoms with Crippen molar-refractivity contribution in [2.75, 3.05) is 20.6 Å². The van der Waals surface area contributed by atoms with Crippen LogP contribution in [0.5, 0.6) is 0 Å². The predicted molar refractivity (Wildman–Crippen MR) is 46.6 cm³/mol. The molecule has 0 aliphatic heterocycles. The van der Waals surface area contributed by atoms with Gasteiger partial charge >= 0.3 is 0 Å². The fraction of sp³-hybridized carbons (Fsp3) is 0.750. The predicted octanol–water partition coefficient (Wildman–Crippen LogP) is -0.00910. The average Bonchev–Trinajstić information content (AvgIpc) is 2.04. The summed E-state index contributed by atoms with van der Waals surface area (Å²) < 4.78 is 0. The van der Waals surface area contributed by atoms with Crippen LogP contribution in [0.15, 0.2) is 0 Å². The van der Waals surface area contributed by atoms with Gasteiger partial charge in [-0.25, -0.2) is 0 Å². The van der Waals surface area contributed by atoms with Crippen LogP contribution in [0.25, 0.3) is 0 Å². The van der Waals surface area contributed by atoms with E-state index in [1.807, 2.05) is 6.92 Å². The molecule has 0 aliphatic carbocycles. The molecule has 0 fully saturated rings. The third-order valence-electron chi connectivity index (χ3n) is 1.58. The zero-order valence-electron chi connectivity index (χ0n) is 7.89. The Morgan fingerprint density at radius 2 is 2.00 bits per heavy atom. The summed E-state index contributed by atoms with van der Waals surface area (Å²) in [5.41, 5.74) is 0. The van der Waals surface area contributed by atoms with Gasteiger partial charge in [-0.15, -0.1) is 0 Å². The minimum absolute atomic E-state index is 0.0486. The van der Waals surface area contributed by atoms with Crippen molar-refractivity contribution in [2.24, 2.45) is 0 Å². The molecule has 0 spiro atoms. The number of rotatable bonds is 4. The third-order valence-corrected chi connectivity index (χ3v) is 1.58. The Balaban J connectivity index is 3.78. The second kappa shape index (κ2) is 5.57. The molecule has 4 heteroatoms. The van der Waals surface area contributed by atoms with Gasteiger partial charge in [0.2, 0.25) is 11.8 Å². The molecule has 0 aliphatic rings. The summed E-state index contributed by atoms with van der Waals surface area (Å²) in [6.07, 6.45) is 0.864. The molecule has 0 atom stereocenters. The van der Waals surface area contributed by atoms with Crippen molar-refractivity contribution < 1.29 is 9.59 Å². The number of hydrogen-bond donors (Lipinski definition) is 1. The van der Waals surface area contributed by atoms with Crippen LogP contribution >= 0.6 is 0 Å². The molecule has 0 aromatic rings. The molecule has 2 amide bonds. The standard InChI is InChI=1S/C8H16N2O2/c1-4-5-10(3)8(12)6-7(11)9-2/h4-6H2,1-3H3,(H,9,11). The van der Waals surface area contributed by atoms with Crippen LogP contribution in [0.1, 0.15) is 19.8 Å². The van der Waals surface area contributed by atoms with Crippen molar-refractivity contribution in [3.63, 3.8) is 0 Å². The highest BCUT2D eigenvalue weighted by Crippen LogP contribution is 1.92. The first kappa shape index (κ1) is 10.9. The Hall–Kier alpha value is -1.06. The lowest BCUT2D eigenvalue weighted by Crippen LogP contribution is -2.32. The molecule has 4 nitrogen and oxygen atoms in total. The van der Waals surface area contributed by atoms with E-state index in [4.69, 9.17) is 0 Å². The van der Waals surface area contributed by atoms with Crippen LogP contribution in [-0.2, 0) is 9.59 Å². The summed E-state index contributed by atoms with van der Waals surface area (Å²) in [4.78, 5) is 23.5. The molecule has 0 saturated heterocycles. The van der Waals surface area contributed by atoms with Crippen LogP contribution in [0, 0.1) is 0 Å². The van der Waals surface area contributed by atoms with Gasteiger partial charge in [0, 0.05) is 20.6 Å². The van der Waals surface area contributed by atoms with Crippen molar-refractivity contribution in [1.82, 2.24) is 10.2 Å². The summed E-state index contributed by atoms with van der Waals surface area (Å²) in [7, 11) is 3.23. The monoisotopic (exact) mass is 172 g/mol. The molecule has 0 aromatic heterocycles. The molecule has 0 bridgehead atoms. The Kier molecular flexibility index (Phi) is 5.08. The number of carbonyl (C=O) groups excluding carboxylic acids is 2. The lowest BCUT2D eigenvalue weighted by molar-refractivity contribution is -0.134. The number of nitrogens with one attached hydrogen (secondary N) is 1. The molecule has 0 aromatic carbocycles. The van der Waals surface area contributed by atoms with Crippen molar-refractivity contribution >= 4 is 11.8 Å². The van der Waals surface area contributed by atoms with Crippen LogP contribution in [0.4, 0.5) is 0 Å². The fourth-order valence-electron chi connectivity index (χ4n) is 0.821. The van der Waals surface area contributed by atoms with E-state index in [0.29, 0.717) is 6.54 Å². The van der Waals surface area contributed by atoms with Gasteiger partial charge in [-0.2, -0.15) is 0 Å². The summed E-state index contributed by atoms with van der Waals surface area (Å²) in [5, 5.41) is 2.41. The van der Waals surface area contributed by atoms with Gasteiger partial charge in [-0.1, -0.05) is 6.92 Å². The average molecular weight is 172 g/mol. The molecule has 70 valence electrons. The van der Waals surface area contributed by atoms with Gasteiger partial charge in [0.25, 0.3) is 0 Å². The molecule has 0 heterocycles. The van der Waals surface area contributed by atoms with E-state index in [0.717, 1.165) is 6.42 Å². The Morgan fingerprint density at radius 3 is 2.42 bits per heavy atom. The van der Waals surface area contributed by atoms with Crippen molar-refractivity contribution in [2.45, 2.75) is 19.8 Å². The van der Waals surface area contributed by atoms with E-state index in [2.05, 4.69) is 5.32 Å². The Bertz CT molecular complexity index is 168. The van der Waals surface area contributed by atoms with Gasteiger partial charge < -0.3 is 10.2 Å². The van der Waals surface area contributed by atoms with Gasteiger partial charge in [-0.05, 0) is 6.42 Å². The van der Waals surface area contributed by atoms with Gasteiger partial charge in [-0.3, -0.25) is 9.59 Å². The zero-order chi connectivity index (χ0) is 9.56. The summed E-state index contributed by atoms with van der Waals surface area (Å²) in [6, 6.07) is 0. The van der Waals surface area contributed by atoms with E-state index >= 15 is 0 Å². The highest BCUT2D eigenvalue weighted by atomic mass is 16.2. The summed E-state index contributed by atoms with van der Waals surface area (Å²) in [6.45, 7) is 2.69. The number of carbonyl (C=O) groups is 2. The molecule has 0 saturated carbocycles. The van der Waals surface area contributed by atoms with Crippen LogP contribution in [-0.4, -0.2) is 37.4 Å². The molecule has 0 radical (unpaired) electrons. The Morgan fingerprint density at radius 1 is 1.42 bits per heavy atom. The minimum atomic E-state index is -0.233. The maximum absolute atomic E-state index is 11.2. The SMILES string of the molecule is CCCN(C)C(=O)CC(=O)NC. The lowest BCUT2D eigenvalue weighted by atomic mass is 10.3. The van der Waals surface area contributed by atoms with E-state index in [-0.39, 0.29) is 18.2 Å². The normalized spacial score (nSPS) is 9.25. The van der Waals surface area contributed by atoms with Crippen molar-refractivity contribution in [3.05, 3.63) is 0 Å². The molecule has 0 rings (SSSR count). The van der Waals surface area contributed by atoms with Crippen LogP contribution in [0.2, 0.25) is 0 Å². The summed E-state index contributed by atoms with van der Waals surface area (Å²) in [5.74, 6) is -0.362. The van der Waals surface area contributed by atoms with E-state index in [1.54, 1.807) is 11.9 Å². The van der Waals surface area contributed by atoms with Crippen molar-refractivity contribution in [1.29, 1.82) is 0 Å². The number of amides is 2. The molecule has 0 unspecified atom stereocenters. The van der Waals surface area contributed by atoms with Crippen molar-refractivity contribution in [3.8, 4) is 0 Å². The first-order valence-electron chi connectivity index (χ1n) is 4.06. The van der Waals surface area contributed by atoms with E-state index in [9.17, 15) is 9.59 Å². The molecule has 1 N–H and O–H groups in total. The first-order chi connectivity index (χ1) is 5.61. The highest BCUT2D eigenvalue weighted by Gasteiger charge is 2.11. The van der Waals surface area contributed by atoms with E-state index < -0.39 is 0 Å². The molecule has 12 heavy (non-hydrogen) atoms. The maximum atomic E-state index is 11.2. The lowest BCUT2D eigenvalue weighted by Gasteiger charge is -2.14. The smallest absolute Gasteiger partial charge is 0.231 e. The number of nitrogens with zero attached hydrogens (tertiary/aromatic N) is 1. The van der Waals surface area contributed by atoms with Gasteiger partial charge in [0.15, 0.2) is 0 Å². The quantitative estimate of drug-likeness (QED) is 0.606. The van der Waals surface area contributed by atoms with Crippen LogP contribution < -0.4 is 5.32 Å². The first-order valence-corrected chi connectivity index (χ1v) is 4.06. The van der Waals surface area contributed by atoms with Crippen LogP contribution in [0.3, 0.4) is 0 Å².